The van der Waals surface area contributed by atoms with E-state index in [4.69, 9.17) is 25.5 Å². The van der Waals surface area contributed by atoms with E-state index in [9.17, 15) is 14.4 Å². The standard InChI is InChI=1S/3C6H10O3.CHNO/c3*1-5(2)6(8)9-4-3-7;2-1-3/h3*7H,1,3-4H2,2H3;2H. The molecule has 0 aromatic carbocycles. The number of carbonyl (C=O) groups excluding carboxylic acids is 4. The van der Waals surface area contributed by atoms with Crippen molar-refractivity contribution >= 4 is 24.0 Å². The number of nitrogens with one attached hydrogen (secondary N) is 1. The monoisotopic (exact) mass is 433 g/mol. The number of aliphatic hydroxyl groups excluding tert-OH is 3. The smallest absolute Gasteiger partial charge is 0.333 e. The Morgan fingerprint density at radius 1 is 0.700 bits per heavy atom. The van der Waals surface area contributed by atoms with Crippen LogP contribution in [0, 0.1) is 5.41 Å². The second kappa shape index (κ2) is 25.9. The third-order valence-corrected chi connectivity index (χ3v) is 2.02. The molecule has 0 aromatic rings. The molecule has 11 heteroatoms. The molecule has 4 N–H and O–H groups in total. The Bertz CT molecular complexity index is 507. The molecule has 0 aromatic heterocycles. The van der Waals surface area contributed by atoms with E-state index in [0.29, 0.717) is 16.7 Å². The van der Waals surface area contributed by atoms with Gasteiger partial charge >= 0.3 is 17.9 Å². The van der Waals surface area contributed by atoms with E-state index in [0.717, 1.165) is 6.08 Å². The minimum atomic E-state index is -0.455. The zero-order valence-electron chi connectivity index (χ0n) is 17.6. The first kappa shape index (κ1) is 34.4. The van der Waals surface area contributed by atoms with Crippen LogP contribution in [0.1, 0.15) is 20.8 Å². The number of hydrogen-bond acceptors (Lipinski definition) is 11. The predicted octanol–water partition coefficient (Wildman–Crippen LogP) is 0.195. The van der Waals surface area contributed by atoms with Gasteiger partial charge in [0.2, 0.25) is 6.08 Å². The first-order valence-corrected chi connectivity index (χ1v) is 8.30. The molecule has 0 aliphatic carbocycles. The molecular formula is C19H31NO10. The maximum absolute atomic E-state index is 10.5. The highest BCUT2D eigenvalue weighted by molar-refractivity contribution is 5.87. The van der Waals surface area contributed by atoms with Crippen molar-refractivity contribution in [3.63, 3.8) is 0 Å². The van der Waals surface area contributed by atoms with Crippen LogP contribution < -0.4 is 0 Å². The molecule has 0 amide bonds. The van der Waals surface area contributed by atoms with E-state index >= 15 is 0 Å². The summed E-state index contributed by atoms with van der Waals surface area (Å²) in [6, 6.07) is 0. The highest BCUT2D eigenvalue weighted by Crippen LogP contribution is 1.91. The van der Waals surface area contributed by atoms with Gasteiger partial charge in [0, 0.05) is 16.7 Å². The molecule has 0 aliphatic rings. The minimum absolute atomic E-state index is 0.0473. The van der Waals surface area contributed by atoms with Crippen LogP contribution >= 0.6 is 0 Å². The summed E-state index contributed by atoms with van der Waals surface area (Å²) in [6.07, 6.45) is 0.750. The molecular weight excluding hydrogens is 402 g/mol. The topological polar surface area (TPSA) is 181 Å². The van der Waals surface area contributed by atoms with Crippen molar-refractivity contribution in [3.05, 3.63) is 36.5 Å². The van der Waals surface area contributed by atoms with Crippen LogP contribution in [0.3, 0.4) is 0 Å². The maximum Gasteiger partial charge on any atom is 0.333 e. The molecule has 0 rings (SSSR count). The summed E-state index contributed by atoms with van der Waals surface area (Å²) in [6.45, 7) is 14.4. The van der Waals surface area contributed by atoms with Gasteiger partial charge in [-0.05, 0) is 20.8 Å². The third-order valence-electron chi connectivity index (χ3n) is 2.02. The number of ether oxygens (including phenoxy) is 3. The number of carbonyl (C=O) groups is 3. The fourth-order valence-electron chi connectivity index (χ4n) is 0.785. The van der Waals surface area contributed by atoms with Gasteiger partial charge in [0.05, 0.1) is 19.8 Å². The number of aliphatic hydroxyl groups is 3. The first-order chi connectivity index (χ1) is 14.0. The van der Waals surface area contributed by atoms with Gasteiger partial charge in [0.25, 0.3) is 0 Å². The Labute approximate surface area is 175 Å². The zero-order chi connectivity index (χ0) is 24.5. The third kappa shape index (κ3) is 32.6. The van der Waals surface area contributed by atoms with Crippen LogP contribution in [0.15, 0.2) is 36.5 Å². The molecule has 0 bridgehead atoms. The minimum Gasteiger partial charge on any atom is -0.460 e. The average molecular weight is 433 g/mol. The van der Waals surface area contributed by atoms with Gasteiger partial charge in [0.15, 0.2) is 0 Å². The molecule has 172 valence electrons. The van der Waals surface area contributed by atoms with Crippen molar-refractivity contribution in [3.8, 4) is 0 Å². The number of esters is 3. The largest absolute Gasteiger partial charge is 0.460 e. The van der Waals surface area contributed by atoms with E-state index in [1.165, 1.54) is 0 Å². The lowest BCUT2D eigenvalue weighted by atomic mass is 10.4. The van der Waals surface area contributed by atoms with Gasteiger partial charge in [-0.2, -0.15) is 0 Å². The SMILES string of the molecule is C=C(C)C(=O)OCCO.C=C(C)C(=O)OCCO.C=C(C)C(=O)OCCO.N=C=O. The second-order valence-electron chi connectivity index (χ2n) is 5.02. The van der Waals surface area contributed by atoms with Gasteiger partial charge < -0.3 is 29.5 Å². The average Bonchev–Trinajstić information content (AvgIpc) is 2.69. The van der Waals surface area contributed by atoms with Crippen LogP contribution in [0.4, 0.5) is 0 Å². The van der Waals surface area contributed by atoms with Gasteiger partial charge in [-0.3, -0.25) is 0 Å². The molecule has 0 unspecified atom stereocenters. The molecule has 0 saturated carbocycles. The van der Waals surface area contributed by atoms with Gasteiger partial charge in [-0.25, -0.2) is 24.6 Å². The molecule has 30 heavy (non-hydrogen) atoms. The number of isocyanates is 1. The van der Waals surface area contributed by atoms with Crippen molar-refractivity contribution in [1.29, 1.82) is 5.41 Å². The van der Waals surface area contributed by atoms with Crippen molar-refractivity contribution < 1.29 is 48.7 Å². The lowest BCUT2D eigenvalue weighted by Crippen LogP contribution is -2.08. The highest BCUT2D eigenvalue weighted by Gasteiger charge is 2.01. The molecule has 0 heterocycles. The van der Waals surface area contributed by atoms with Crippen LogP contribution in [0.25, 0.3) is 0 Å². The quantitative estimate of drug-likeness (QED) is 0.129. The lowest BCUT2D eigenvalue weighted by Gasteiger charge is -1.99. The Hall–Kier alpha value is -3.11. The Morgan fingerprint density at radius 3 is 0.967 bits per heavy atom. The molecule has 11 nitrogen and oxygen atoms in total. The molecule has 0 fully saturated rings. The summed E-state index contributed by atoms with van der Waals surface area (Å²) in [4.78, 5) is 39.8. The van der Waals surface area contributed by atoms with Crippen molar-refractivity contribution in [2.45, 2.75) is 20.8 Å². The predicted molar refractivity (Wildman–Crippen MR) is 107 cm³/mol. The van der Waals surface area contributed by atoms with Gasteiger partial charge in [-0.1, -0.05) is 19.7 Å². The molecule has 0 aliphatic heterocycles. The van der Waals surface area contributed by atoms with Crippen molar-refractivity contribution in [2.75, 3.05) is 39.6 Å². The van der Waals surface area contributed by atoms with Gasteiger partial charge in [0.1, 0.15) is 19.8 Å². The van der Waals surface area contributed by atoms with E-state index in [2.05, 4.69) is 33.9 Å². The van der Waals surface area contributed by atoms with Crippen LogP contribution in [0.5, 0.6) is 0 Å². The summed E-state index contributed by atoms with van der Waals surface area (Å²) >= 11 is 0. The molecule has 0 radical (unpaired) electrons. The fraction of sp³-hybridized carbons (Fsp3) is 0.474. The Morgan fingerprint density at radius 2 is 0.867 bits per heavy atom. The van der Waals surface area contributed by atoms with Crippen LogP contribution in [-0.2, 0) is 33.4 Å². The lowest BCUT2D eigenvalue weighted by molar-refractivity contribution is -0.140. The Balaban J connectivity index is -0.000000158. The number of hydrogen-bond donors (Lipinski definition) is 4. The second-order valence-corrected chi connectivity index (χ2v) is 5.02. The first-order valence-electron chi connectivity index (χ1n) is 8.30. The summed E-state index contributed by atoms with van der Waals surface area (Å²) in [7, 11) is 0. The van der Waals surface area contributed by atoms with Crippen LogP contribution in [0.2, 0.25) is 0 Å². The van der Waals surface area contributed by atoms with E-state index in [1.807, 2.05) is 0 Å². The van der Waals surface area contributed by atoms with E-state index in [-0.39, 0.29) is 39.6 Å². The summed E-state index contributed by atoms with van der Waals surface area (Å²) in [5.41, 5.74) is 1.05. The normalized spacial score (nSPS) is 8.07. The summed E-state index contributed by atoms with van der Waals surface area (Å²) in [5, 5.41) is 30.0. The zero-order valence-corrected chi connectivity index (χ0v) is 17.6. The van der Waals surface area contributed by atoms with E-state index < -0.39 is 17.9 Å². The summed E-state index contributed by atoms with van der Waals surface area (Å²) < 4.78 is 13.4. The van der Waals surface area contributed by atoms with Crippen molar-refractivity contribution in [2.24, 2.45) is 0 Å². The maximum atomic E-state index is 10.5. The molecule has 0 saturated heterocycles. The van der Waals surface area contributed by atoms with Crippen LogP contribution in [-0.4, -0.2) is 78.9 Å². The molecule has 0 spiro atoms. The number of rotatable bonds is 9. The van der Waals surface area contributed by atoms with E-state index in [1.54, 1.807) is 20.8 Å². The van der Waals surface area contributed by atoms with Gasteiger partial charge in [-0.15, -0.1) is 0 Å². The Kier molecular flexibility index (Phi) is 29.7. The fourth-order valence-corrected chi connectivity index (χ4v) is 0.785. The van der Waals surface area contributed by atoms with Crippen molar-refractivity contribution in [1.82, 2.24) is 0 Å². The summed E-state index contributed by atoms with van der Waals surface area (Å²) in [5.74, 6) is -1.36. The molecule has 0 atom stereocenters. The highest BCUT2D eigenvalue weighted by atomic mass is 16.5.